The number of esters is 5. The molecule has 0 saturated carbocycles. The van der Waals surface area contributed by atoms with Crippen LogP contribution >= 0.6 is 0 Å². The summed E-state index contributed by atoms with van der Waals surface area (Å²) >= 11 is 0. The van der Waals surface area contributed by atoms with Crippen molar-refractivity contribution in [1.82, 2.24) is 0 Å². The molecule has 1 heterocycles. The lowest BCUT2D eigenvalue weighted by molar-refractivity contribution is -0.602. The molecule has 16 heteroatoms. The van der Waals surface area contributed by atoms with Crippen molar-refractivity contribution < 1.29 is 72.8 Å². The van der Waals surface area contributed by atoms with Crippen LogP contribution in [0.5, 0.6) is 0 Å². The molecule has 1 rings (SSSR count). The van der Waals surface area contributed by atoms with Gasteiger partial charge in [-0.25, -0.2) is 0 Å². The summed E-state index contributed by atoms with van der Waals surface area (Å²) in [5, 5.41) is 46.6. The third kappa shape index (κ3) is 6.38. The van der Waals surface area contributed by atoms with E-state index >= 15 is 0 Å². The lowest BCUT2D eigenvalue weighted by atomic mass is 9.81. The molecule has 5 atom stereocenters. The van der Waals surface area contributed by atoms with Crippen molar-refractivity contribution in [2.75, 3.05) is 6.61 Å². The number of aliphatic hydroxyl groups is 4. The SMILES string of the molecule is CC(C)C(=O)O[C@]1(O)O[C@](CO)(OC(=O)C(C)C)[C@](O)(OC(=O)C(C)C)[C@@](O)(OC(=O)C(C)C)[C@]1(N)OC(=O)C(C)C. The van der Waals surface area contributed by atoms with Gasteiger partial charge >= 0.3 is 58.9 Å². The minimum Gasteiger partial charge on any atom is -0.426 e. The third-order valence-corrected chi connectivity index (χ3v) is 6.08. The first-order valence-electron chi connectivity index (χ1n) is 13.3. The highest BCUT2D eigenvalue weighted by atomic mass is 16.9. The van der Waals surface area contributed by atoms with Crippen LogP contribution in [0.25, 0.3) is 0 Å². The van der Waals surface area contributed by atoms with E-state index in [4.69, 9.17) is 34.2 Å². The highest BCUT2D eigenvalue weighted by molar-refractivity contribution is 5.76. The van der Waals surface area contributed by atoms with E-state index in [9.17, 15) is 44.4 Å². The monoisotopic (exact) mass is 609 g/mol. The summed E-state index contributed by atoms with van der Waals surface area (Å²) in [6, 6.07) is 0. The molecule has 242 valence electrons. The van der Waals surface area contributed by atoms with Gasteiger partial charge in [0.2, 0.25) is 0 Å². The smallest absolute Gasteiger partial charge is 0.394 e. The standard InChI is InChI=1S/C26H43NO15/c1-12(2)17(29)37-22(11-28)24(34,39-19(31)14(5)6)25(35,40-20(32)15(7)8)23(27,38-18(30)13(3)4)26(36,42-22)41-21(33)16(9)10/h12-16,28,34-36H,11,27H2,1-10H3/t22-,23-,24-,25-,26-/m0/s1. The molecule has 0 radical (unpaired) electrons. The first-order valence-corrected chi connectivity index (χ1v) is 13.3. The maximum Gasteiger partial charge on any atom is 0.394 e. The van der Waals surface area contributed by atoms with Crippen LogP contribution in [0.2, 0.25) is 0 Å². The number of rotatable bonds is 11. The van der Waals surface area contributed by atoms with E-state index in [0.717, 1.165) is 0 Å². The normalized spacial score (nSPS) is 31.3. The van der Waals surface area contributed by atoms with Gasteiger partial charge in [0.15, 0.2) is 0 Å². The predicted octanol–water partition coefficient (Wildman–Crippen LogP) is -0.620. The van der Waals surface area contributed by atoms with Crippen LogP contribution in [-0.4, -0.2) is 85.9 Å². The second kappa shape index (κ2) is 12.8. The summed E-state index contributed by atoms with van der Waals surface area (Å²) in [7, 11) is 0. The van der Waals surface area contributed by atoms with Gasteiger partial charge in [0.1, 0.15) is 6.61 Å². The Balaban J connectivity index is 4.44. The van der Waals surface area contributed by atoms with E-state index in [0.29, 0.717) is 0 Å². The van der Waals surface area contributed by atoms with Gasteiger partial charge in [0, 0.05) is 0 Å². The molecule has 16 nitrogen and oxygen atoms in total. The highest BCUT2D eigenvalue weighted by Gasteiger charge is 2.91. The zero-order valence-corrected chi connectivity index (χ0v) is 25.5. The minimum absolute atomic E-state index is 1.07. The molecule has 0 unspecified atom stereocenters. The average molecular weight is 610 g/mol. The van der Waals surface area contributed by atoms with Gasteiger partial charge in [-0.15, -0.1) is 0 Å². The average Bonchev–Trinajstić information content (AvgIpc) is 2.86. The largest absolute Gasteiger partial charge is 0.426 e. The Morgan fingerprint density at radius 3 is 1.24 bits per heavy atom. The molecule has 1 saturated heterocycles. The molecule has 0 amide bonds. The molecule has 0 aromatic heterocycles. The van der Waals surface area contributed by atoms with Crippen molar-refractivity contribution >= 4 is 29.8 Å². The van der Waals surface area contributed by atoms with E-state index in [1.54, 1.807) is 0 Å². The zero-order chi connectivity index (χ0) is 33.2. The van der Waals surface area contributed by atoms with E-state index in [1.165, 1.54) is 69.2 Å². The maximum absolute atomic E-state index is 13.0. The lowest BCUT2D eigenvalue weighted by Gasteiger charge is -2.61. The summed E-state index contributed by atoms with van der Waals surface area (Å²) in [6.07, 6.45) is 0. The van der Waals surface area contributed by atoms with Crippen LogP contribution in [0.3, 0.4) is 0 Å². The molecular formula is C26H43NO15. The van der Waals surface area contributed by atoms with Crippen molar-refractivity contribution in [2.24, 2.45) is 35.3 Å². The van der Waals surface area contributed by atoms with Gasteiger partial charge < -0.3 is 44.1 Å². The fourth-order valence-corrected chi connectivity index (χ4v) is 3.21. The van der Waals surface area contributed by atoms with E-state index in [1.807, 2.05) is 0 Å². The summed E-state index contributed by atoms with van der Waals surface area (Å²) < 4.78 is 30.9. The van der Waals surface area contributed by atoms with Crippen molar-refractivity contribution in [3.63, 3.8) is 0 Å². The topological polar surface area (TPSA) is 248 Å². The molecule has 1 fully saturated rings. The van der Waals surface area contributed by atoms with Crippen LogP contribution in [-0.2, 0) is 52.4 Å². The fourth-order valence-electron chi connectivity index (χ4n) is 3.21. The number of carbonyl (C=O) groups is 5. The Labute approximate surface area is 243 Å². The lowest BCUT2D eigenvalue weighted by Crippen LogP contribution is -2.94. The number of aliphatic hydroxyl groups excluding tert-OH is 1. The van der Waals surface area contributed by atoms with Crippen molar-refractivity contribution in [2.45, 2.75) is 98.3 Å². The number of hydrogen-bond acceptors (Lipinski definition) is 16. The molecule has 42 heavy (non-hydrogen) atoms. The van der Waals surface area contributed by atoms with Gasteiger partial charge in [-0.1, -0.05) is 69.2 Å². The highest BCUT2D eigenvalue weighted by Crippen LogP contribution is 2.55. The molecule has 0 bridgehead atoms. The predicted molar refractivity (Wildman–Crippen MR) is 137 cm³/mol. The number of hydrogen-bond donors (Lipinski definition) is 5. The van der Waals surface area contributed by atoms with Gasteiger partial charge in [-0.05, 0) is 0 Å². The van der Waals surface area contributed by atoms with E-state index in [-0.39, 0.29) is 0 Å². The Hall–Kier alpha value is -2.89. The minimum atomic E-state index is -4.25. The van der Waals surface area contributed by atoms with Crippen LogP contribution in [0.1, 0.15) is 69.2 Å². The Bertz CT molecular complexity index is 1060. The number of nitrogens with two attached hydrogens (primary N) is 1. The zero-order valence-electron chi connectivity index (χ0n) is 25.5. The molecule has 0 aromatic rings. The van der Waals surface area contributed by atoms with Gasteiger partial charge in [-0.3, -0.25) is 34.4 Å². The second-order valence-electron chi connectivity index (χ2n) is 11.5. The quantitative estimate of drug-likeness (QED) is 0.111. The van der Waals surface area contributed by atoms with Gasteiger partial charge in [0.25, 0.3) is 0 Å². The summed E-state index contributed by atoms with van der Waals surface area (Å²) in [5.41, 5.74) is 2.34. The van der Waals surface area contributed by atoms with Crippen molar-refractivity contribution in [1.29, 1.82) is 0 Å². The number of carbonyl (C=O) groups excluding carboxylic acids is 5. The van der Waals surface area contributed by atoms with Crippen LogP contribution in [0.15, 0.2) is 0 Å². The molecule has 0 aromatic carbocycles. The Morgan fingerprint density at radius 1 is 0.571 bits per heavy atom. The molecule has 1 aliphatic rings. The van der Waals surface area contributed by atoms with Crippen LogP contribution in [0, 0.1) is 29.6 Å². The summed E-state index contributed by atoms with van der Waals surface area (Å²) in [4.78, 5) is 64.4. The first kappa shape index (κ1) is 37.1. The second-order valence-corrected chi connectivity index (χ2v) is 11.5. The molecule has 0 aliphatic carbocycles. The van der Waals surface area contributed by atoms with Crippen LogP contribution in [0.4, 0.5) is 0 Å². The molecule has 0 spiro atoms. The Morgan fingerprint density at radius 2 is 0.881 bits per heavy atom. The van der Waals surface area contributed by atoms with Gasteiger partial charge in [0.05, 0.1) is 29.6 Å². The van der Waals surface area contributed by atoms with Crippen molar-refractivity contribution in [3.05, 3.63) is 0 Å². The fraction of sp³-hybridized carbons (Fsp3) is 0.808. The van der Waals surface area contributed by atoms with E-state index in [2.05, 4.69) is 0 Å². The van der Waals surface area contributed by atoms with E-state index < -0.39 is 95.1 Å². The van der Waals surface area contributed by atoms with Crippen LogP contribution < -0.4 is 5.73 Å². The van der Waals surface area contributed by atoms with Gasteiger partial charge in [-0.2, -0.15) is 0 Å². The first-order chi connectivity index (χ1) is 18.9. The number of ether oxygens (including phenoxy) is 6. The third-order valence-electron chi connectivity index (χ3n) is 6.08. The molecule has 6 N–H and O–H groups in total. The maximum atomic E-state index is 13.0. The summed E-state index contributed by atoms with van der Waals surface area (Å²) in [5.74, 6) is -28.4. The summed E-state index contributed by atoms with van der Waals surface area (Å²) in [6.45, 7) is 11.0. The Kier molecular flexibility index (Phi) is 11.3. The molecular weight excluding hydrogens is 566 g/mol. The molecule has 1 aliphatic heterocycles. The van der Waals surface area contributed by atoms with Crippen molar-refractivity contribution in [3.8, 4) is 0 Å².